The third-order valence-electron chi connectivity index (χ3n) is 3.46. The highest BCUT2D eigenvalue weighted by Crippen LogP contribution is 2.32. The van der Waals surface area contributed by atoms with Crippen LogP contribution in [0, 0.1) is 6.92 Å². The van der Waals surface area contributed by atoms with Crippen LogP contribution in [-0.4, -0.2) is 27.7 Å². The summed E-state index contributed by atoms with van der Waals surface area (Å²) in [5.41, 5.74) is -0.180. The van der Waals surface area contributed by atoms with Gasteiger partial charge in [-0.2, -0.15) is 0 Å². The topological polar surface area (TPSA) is 92.4 Å². The predicted molar refractivity (Wildman–Crippen MR) is 62.3 cm³/mol. The maximum Gasteiger partial charge on any atom is 0.329 e. The summed E-state index contributed by atoms with van der Waals surface area (Å²) in [5, 5.41) is 15.6. The number of amides is 1. The van der Waals surface area contributed by atoms with E-state index in [1.807, 2.05) is 6.92 Å². The van der Waals surface area contributed by atoms with E-state index < -0.39 is 17.4 Å². The quantitative estimate of drug-likeness (QED) is 0.842. The van der Waals surface area contributed by atoms with Gasteiger partial charge in [-0.15, -0.1) is 0 Å². The number of carboxylic acid groups (broad SMARTS) is 1. The van der Waals surface area contributed by atoms with Crippen LogP contribution >= 0.6 is 0 Å². The summed E-state index contributed by atoms with van der Waals surface area (Å²) in [4.78, 5) is 23.3. The number of aryl methyl sites for hydroxylation is 2. The van der Waals surface area contributed by atoms with Crippen LogP contribution in [0.3, 0.4) is 0 Å². The van der Waals surface area contributed by atoms with Crippen molar-refractivity contribution in [3.8, 4) is 0 Å². The van der Waals surface area contributed by atoms with Gasteiger partial charge in [0.25, 0.3) is 5.91 Å². The first-order chi connectivity index (χ1) is 8.50. The van der Waals surface area contributed by atoms with Crippen LogP contribution in [0.15, 0.2) is 4.52 Å². The molecule has 1 saturated carbocycles. The predicted octanol–water partition coefficient (Wildman–Crippen LogP) is 1.28. The molecule has 2 N–H and O–H groups in total. The van der Waals surface area contributed by atoms with Crippen molar-refractivity contribution >= 4 is 11.9 Å². The lowest BCUT2D eigenvalue weighted by atomic mass is 9.76. The molecule has 0 aromatic carbocycles. The van der Waals surface area contributed by atoms with Gasteiger partial charge in [0.05, 0.1) is 5.69 Å². The Kier molecular flexibility index (Phi) is 3.11. The number of aromatic nitrogens is 1. The van der Waals surface area contributed by atoms with Crippen molar-refractivity contribution in [1.29, 1.82) is 0 Å². The van der Waals surface area contributed by atoms with Gasteiger partial charge in [-0.05, 0) is 32.6 Å². The second-order valence-corrected chi connectivity index (χ2v) is 4.61. The average Bonchev–Trinajstić information content (AvgIpc) is 2.64. The van der Waals surface area contributed by atoms with Crippen molar-refractivity contribution in [2.24, 2.45) is 0 Å². The molecule has 1 fully saturated rings. The van der Waals surface area contributed by atoms with Crippen LogP contribution in [0.2, 0.25) is 0 Å². The van der Waals surface area contributed by atoms with Crippen LogP contribution in [0.4, 0.5) is 0 Å². The highest BCUT2D eigenvalue weighted by molar-refractivity contribution is 5.99. The van der Waals surface area contributed by atoms with Crippen LogP contribution in [-0.2, 0) is 11.2 Å². The number of carbonyl (C=O) groups excluding carboxylic acids is 1. The lowest BCUT2D eigenvalue weighted by Crippen LogP contribution is -2.59. The molecule has 1 aromatic heterocycles. The summed E-state index contributed by atoms with van der Waals surface area (Å²) in [6, 6.07) is 0. The van der Waals surface area contributed by atoms with Gasteiger partial charge in [-0.3, -0.25) is 4.79 Å². The summed E-state index contributed by atoms with van der Waals surface area (Å²) >= 11 is 0. The highest BCUT2D eigenvalue weighted by Gasteiger charge is 2.46. The Morgan fingerprint density at radius 2 is 2.17 bits per heavy atom. The molecule has 2 rings (SSSR count). The fraction of sp³-hybridized carbons (Fsp3) is 0.583. The Hall–Kier alpha value is -1.85. The van der Waals surface area contributed by atoms with Gasteiger partial charge >= 0.3 is 5.97 Å². The smallest absolute Gasteiger partial charge is 0.329 e. The molecule has 0 saturated heterocycles. The summed E-state index contributed by atoms with van der Waals surface area (Å²) in [6.07, 6.45) is 2.33. The molecule has 6 nitrogen and oxygen atoms in total. The molecule has 0 bridgehead atoms. The van der Waals surface area contributed by atoms with Gasteiger partial charge in [0.1, 0.15) is 16.9 Å². The zero-order valence-electron chi connectivity index (χ0n) is 10.4. The lowest BCUT2D eigenvalue weighted by Gasteiger charge is -2.38. The van der Waals surface area contributed by atoms with E-state index in [2.05, 4.69) is 10.5 Å². The molecule has 1 aromatic rings. The molecule has 98 valence electrons. The third-order valence-corrected chi connectivity index (χ3v) is 3.46. The third kappa shape index (κ3) is 1.87. The maximum atomic E-state index is 12.1. The van der Waals surface area contributed by atoms with Crippen molar-refractivity contribution in [1.82, 2.24) is 10.5 Å². The monoisotopic (exact) mass is 252 g/mol. The minimum absolute atomic E-state index is 0.366. The van der Waals surface area contributed by atoms with E-state index in [4.69, 9.17) is 4.52 Å². The zero-order valence-corrected chi connectivity index (χ0v) is 10.4. The van der Waals surface area contributed by atoms with Crippen LogP contribution in [0.25, 0.3) is 0 Å². The standard InChI is InChI=1S/C12H16N2O4/c1-3-8-9(7(2)18-14-8)10(15)13-12(11(16)17)5-4-6-12/h3-6H2,1-2H3,(H,13,15)(H,16,17). The van der Waals surface area contributed by atoms with Crippen LogP contribution in [0.5, 0.6) is 0 Å². The van der Waals surface area contributed by atoms with Gasteiger partial charge in [0.2, 0.25) is 0 Å². The second-order valence-electron chi connectivity index (χ2n) is 4.61. The molecule has 1 amide bonds. The van der Waals surface area contributed by atoms with Crippen LogP contribution in [0.1, 0.15) is 48.0 Å². The van der Waals surface area contributed by atoms with Crippen molar-refractivity contribution in [3.63, 3.8) is 0 Å². The summed E-state index contributed by atoms with van der Waals surface area (Å²) in [5.74, 6) is -0.967. The first-order valence-electron chi connectivity index (χ1n) is 6.01. The number of carboxylic acids is 1. The molecular weight excluding hydrogens is 236 g/mol. The van der Waals surface area contributed by atoms with Gasteiger partial charge in [0.15, 0.2) is 0 Å². The van der Waals surface area contributed by atoms with E-state index in [0.29, 0.717) is 36.3 Å². The summed E-state index contributed by atoms with van der Waals surface area (Å²) in [7, 11) is 0. The normalized spacial score (nSPS) is 17.0. The Morgan fingerprint density at radius 1 is 1.50 bits per heavy atom. The largest absolute Gasteiger partial charge is 0.480 e. The molecule has 0 unspecified atom stereocenters. The molecule has 0 atom stereocenters. The maximum absolute atomic E-state index is 12.1. The van der Waals surface area contributed by atoms with Crippen molar-refractivity contribution in [2.45, 2.75) is 45.1 Å². The van der Waals surface area contributed by atoms with Crippen LogP contribution < -0.4 is 5.32 Å². The van der Waals surface area contributed by atoms with Crippen molar-refractivity contribution in [3.05, 3.63) is 17.0 Å². The number of aliphatic carboxylic acids is 1. The molecule has 1 heterocycles. The molecule has 18 heavy (non-hydrogen) atoms. The molecule has 1 aliphatic rings. The zero-order chi connectivity index (χ0) is 13.3. The number of carbonyl (C=O) groups is 2. The first kappa shape index (κ1) is 12.6. The fourth-order valence-corrected chi connectivity index (χ4v) is 2.15. The van der Waals surface area contributed by atoms with E-state index in [9.17, 15) is 14.7 Å². The average molecular weight is 252 g/mol. The highest BCUT2D eigenvalue weighted by atomic mass is 16.5. The minimum atomic E-state index is -1.11. The Balaban J connectivity index is 2.22. The number of nitrogens with one attached hydrogen (secondary N) is 1. The minimum Gasteiger partial charge on any atom is -0.480 e. The summed E-state index contributed by atoms with van der Waals surface area (Å²) in [6.45, 7) is 3.51. The summed E-state index contributed by atoms with van der Waals surface area (Å²) < 4.78 is 4.98. The SMILES string of the molecule is CCc1noc(C)c1C(=O)NC1(C(=O)O)CCC1. The van der Waals surface area contributed by atoms with Gasteiger partial charge in [-0.1, -0.05) is 12.1 Å². The number of nitrogens with zero attached hydrogens (tertiary/aromatic N) is 1. The number of rotatable bonds is 4. The molecule has 6 heteroatoms. The van der Waals surface area contributed by atoms with Crippen molar-refractivity contribution in [2.75, 3.05) is 0 Å². The Morgan fingerprint density at radius 3 is 2.61 bits per heavy atom. The van der Waals surface area contributed by atoms with E-state index in [1.54, 1.807) is 6.92 Å². The van der Waals surface area contributed by atoms with E-state index >= 15 is 0 Å². The second kappa shape index (κ2) is 4.44. The van der Waals surface area contributed by atoms with Gasteiger partial charge in [0, 0.05) is 0 Å². The Bertz CT molecular complexity index is 488. The fourth-order valence-electron chi connectivity index (χ4n) is 2.15. The lowest BCUT2D eigenvalue weighted by molar-refractivity contribution is -0.148. The number of hydrogen-bond acceptors (Lipinski definition) is 4. The van der Waals surface area contributed by atoms with Gasteiger partial charge < -0.3 is 14.9 Å². The Labute approximate surface area is 104 Å². The van der Waals surface area contributed by atoms with Crippen molar-refractivity contribution < 1.29 is 19.2 Å². The number of hydrogen-bond donors (Lipinski definition) is 2. The van der Waals surface area contributed by atoms with E-state index in [0.717, 1.165) is 6.42 Å². The molecule has 0 spiro atoms. The van der Waals surface area contributed by atoms with E-state index in [-0.39, 0.29) is 0 Å². The van der Waals surface area contributed by atoms with E-state index in [1.165, 1.54) is 0 Å². The molecule has 0 radical (unpaired) electrons. The molecular formula is C12H16N2O4. The van der Waals surface area contributed by atoms with Gasteiger partial charge in [-0.25, -0.2) is 4.79 Å². The first-order valence-corrected chi connectivity index (χ1v) is 6.01. The molecule has 1 aliphatic carbocycles. The molecule has 0 aliphatic heterocycles.